The fourth-order valence-electron chi connectivity index (χ4n) is 3.11. The molecule has 0 spiro atoms. The first-order valence-corrected chi connectivity index (χ1v) is 7.70. The van der Waals surface area contributed by atoms with E-state index in [-0.39, 0.29) is 18.6 Å². The van der Waals surface area contributed by atoms with E-state index in [0.717, 1.165) is 29.7 Å². The Kier molecular flexibility index (Phi) is 4.14. The maximum Gasteiger partial charge on any atom is 0.258 e. The molecular formula is C19H21NO2. The minimum Gasteiger partial charge on any atom is -0.484 e. The van der Waals surface area contributed by atoms with E-state index < -0.39 is 0 Å². The molecule has 0 fully saturated rings. The monoisotopic (exact) mass is 295 g/mol. The average molecular weight is 295 g/mol. The van der Waals surface area contributed by atoms with Crippen molar-refractivity contribution < 1.29 is 9.53 Å². The molecule has 0 unspecified atom stereocenters. The summed E-state index contributed by atoms with van der Waals surface area (Å²) in [6.07, 6.45) is 1.99. The van der Waals surface area contributed by atoms with Crippen LogP contribution < -0.4 is 10.1 Å². The lowest BCUT2D eigenvalue weighted by Gasteiger charge is -2.15. The van der Waals surface area contributed by atoms with Crippen molar-refractivity contribution in [2.75, 3.05) is 6.61 Å². The number of amides is 1. The molecule has 22 heavy (non-hydrogen) atoms. The van der Waals surface area contributed by atoms with Crippen LogP contribution in [0.15, 0.2) is 42.5 Å². The minimum atomic E-state index is -0.0686. The number of aryl methyl sites for hydroxylation is 3. The molecule has 0 saturated heterocycles. The normalized spacial score (nSPS) is 16.2. The number of ether oxygens (including phenoxy) is 1. The number of hydrogen-bond donors (Lipinski definition) is 1. The first-order valence-electron chi connectivity index (χ1n) is 7.70. The van der Waals surface area contributed by atoms with E-state index in [0.29, 0.717) is 0 Å². The molecule has 0 radical (unpaired) electrons. The Morgan fingerprint density at radius 1 is 1.18 bits per heavy atom. The Bertz CT molecular complexity index is 673. The Hall–Kier alpha value is -2.29. The van der Waals surface area contributed by atoms with E-state index in [2.05, 4.69) is 23.5 Å². The van der Waals surface area contributed by atoms with Gasteiger partial charge in [0.15, 0.2) is 6.61 Å². The van der Waals surface area contributed by atoms with Gasteiger partial charge in [0.25, 0.3) is 5.91 Å². The Morgan fingerprint density at radius 2 is 1.91 bits per heavy atom. The molecular weight excluding hydrogens is 274 g/mol. The van der Waals surface area contributed by atoms with E-state index in [1.807, 2.05) is 38.1 Å². The number of fused-ring (bicyclic) bond motifs is 1. The lowest BCUT2D eigenvalue weighted by molar-refractivity contribution is -0.123. The van der Waals surface area contributed by atoms with Crippen LogP contribution in [0.5, 0.6) is 5.75 Å². The summed E-state index contributed by atoms with van der Waals surface area (Å²) in [7, 11) is 0. The summed E-state index contributed by atoms with van der Waals surface area (Å²) >= 11 is 0. The number of nitrogens with one attached hydrogen (secondary N) is 1. The van der Waals surface area contributed by atoms with E-state index in [1.165, 1.54) is 11.1 Å². The van der Waals surface area contributed by atoms with Crippen LogP contribution in [0, 0.1) is 13.8 Å². The molecule has 3 nitrogen and oxygen atoms in total. The Balaban J connectivity index is 1.57. The maximum atomic E-state index is 12.1. The van der Waals surface area contributed by atoms with Crippen LogP contribution in [-0.2, 0) is 11.2 Å². The zero-order chi connectivity index (χ0) is 15.5. The smallest absolute Gasteiger partial charge is 0.258 e. The summed E-state index contributed by atoms with van der Waals surface area (Å²) in [4.78, 5) is 12.1. The van der Waals surface area contributed by atoms with Crippen LogP contribution in [0.3, 0.4) is 0 Å². The van der Waals surface area contributed by atoms with E-state index in [4.69, 9.17) is 4.74 Å². The zero-order valence-electron chi connectivity index (χ0n) is 13.1. The number of rotatable bonds is 4. The molecule has 0 aromatic heterocycles. The summed E-state index contributed by atoms with van der Waals surface area (Å²) in [6, 6.07) is 14.4. The van der Waals surface area contributed by atoms with Gasteiger partial charge in [-0.2, -0.15) is 0 Å². The van der Waals surface area contributed by atoms with E-state index in [1.54, 1.807) is 0 Å². The molecule has 1 aliphatic rings. The van der Waals surface area contributed by atoms with Crippen molar-refractivity contribution in [3.63, 3.8) is 0 Å². The van der Waals surface area contributed by atoms with Gasteiger partial charge in [-0.3, -0.25) is 4.79 Å². The fourth-order valence-corrected chi connectivity index (χ4v) is 3.11. The van der Waals surface area contributed by atoms with Gasteiger partial charge >= 0.3 is 0 Å². The van der Waals surface area contributed by atoms with Gasteiger partial charge in [0.1, 0.15) is 5.75 Å². The molecule has 2 aromatic rings. The number of benzene rings is 2. The van der Waals surface area contributed by atoms with Crippen LogP contribution in [0.25, 0.3) is 0 Å². The summed E-state index contributed by atoms with van der Waals surface area (Å²) in [5, 5.41) is 3.07. The predicted octanol–water partition coefficient (Wildman–Crippen LogP) is 3.49. The summed E-state index contributed by atoms with van der Waals surface area (Å²) in [6.45, 7) is 4.10. The predicted molar refractivity (Wildman–Crippen MR) is 87.1 cm³/mol. The highest BCUT2D eigenvalue weighted by Crippen LogP contribution is 2.30. The van der Waals surface area contributed by atoms with Crippen LogP contribution in [0.2, 0.25) is 0 Å². The van der Waals surface area contributed by atoms with Crippen molar-refractivity contribution >= 4 is 5.91 Å². The quantitative estimate of drug-likeness (QED) is 0.937. The van der Waals surface area contributed by atoms with Gasteiger partial charge in [0.2, 0.25) is 0 Å². The van der Waals surface area contributed by atoms with Gasteiger partial charge in [0.05, 0.1) is 6.04 Å². The molecule has 1 atom stereocenters. The van der Waals surface area contributed by atoms with Gasteiger partial charge in [-0.05, 0) is 61.1 Å². The molecule has 0 saturated carbocycles. The van der Waals surface area contributed by atoms with Crippen molar-refractivity contribution in [2.24, 2.45) is 0 Å². The second-order valence-corrected chi connectivity index (χ2v) is 5.97. The highest BCUT2D eigenvalue weighted by atomic mass is 16.5. The average Bonchev–Trinajstić information content (AvgIpc) is 2.88. The van der Waals surface area contributed by atoms with Crippen LogP contribution >= 0.6 is 0 Å². The molecule has 1 N–H and O–H groups in total. The third-order valence-electron chi connectivity index (χ3n) is 4.03. The molecule has 114 valence electrons. The maximum absolute atomic E-state index is 12.1. The van der Waals surface area contributed by atoms with E-state index >= 15 is 0 Å². The number of hydrogen-bond acceptors (Lipinski definition) is 2. The molecule has 0 bridgehead atoms. The minimum absolute atomic E-state index is 0.0571. The summed E-state index contributed by atoms with van der Waals surface area (Å²) in [5.41, 5.74) is 4.85. The van der Waals surface area contributed by atoms with Crippen molar-refractivity contribution in [2.45, 2.75) is 32.7 Å². The van der Waals surface area contributed by atoms with Crippen molar-refractivity contribution in [3.05, 3.63) is 64.7 Å². The first-order chi connectivity index (χ1) is 10.6. The standard InChI is InChI=1S/C19H21NO2/c1-13-9-14(2)11-16(10-13)22-12-19(21)20-18-8-7-15-5-3-4-6-17(15)18/h3-6,9-11,18H,7-8,12H2,1-2H3,(H,20,21)/t18-/m0/s1. The fraction of sp³-hybridized carbons (Fsp3) is 0.316. The Morgan fingerprint density at radius 3 is 2.68 bits per heavy atom. The van der Waals surface area contributed by atoms with Gasteiger partial charge in [-0.15, -0.1) is 0 Å². The number of carbonyl (C=O) groups is 1. The van der Waals surface area contributed by atoms with Crippen LogP contribution in [0.1, 0.15) is 34.7 Å². The molecule has 3 rings (SSSR count). The molecule has 2 aromatic carbocycles. The van der Waals surface area contributed by atoms with Crippen molar-refractivity contribution in [1.29, 1.82) is 0 Å². The van der Waals surface area contributed by atoms with Crippen LogP contribution in [0.4, 0.5) is 0 Å². The van der Waals surface area contributed by atoms with Crippen molar-refractivity contribution in [3.8, 4) is 5.75 Å². The van der Waals surface area contributed by atoms with Gasteiger partial charge in [-0.25, -0.2) is 0 Å². The van der Waals surface area contributed by atoms with E-state index in [9.17, 15) is 4.79 Å². The highest BCUT2D eigenvalue weighted by molar-refractivity contribution is 5.78. The van der Waals surface area contributed by atoms with Gasteiger partial charge in [0, 0.05) is 0 Å². The SMILES string of the molecule is Cc1cc(C)cc(OCC(=O)N[C@H]2CCc3ccccc32)c1. The molecule has 0 aliphatic heterocycles. The lowest BCUT2D eigenvalue weighted by atomic mass is 10.1. The van der Waals surface area contributed by atoms with Gasteiger partial charge in [-0.1, -0.05) is 30.3 Å². The summed E-state index contributed by atoms with van der Waals surface area (Å²) < 4.78 is 5.62. The van der Waals surface area contributed by atoms with Gasteiger partial charge < -0.3 is 10.1 Å². The topological polar surface area (TPSA) is 38.3 Å². The second kappa shape index (κ2) is 6.22. The first kappa shape index (κ1) is 14.6. The molecule has 3 heteroatoms. The molecule has 1 amide bonds. The van der Waals surface area contributed by atoms with Crippen molar-refractivity contribution in [1.82, 2.24) is 5.32 Å². The second-order valence-electron chi connectivity index (χ2n) is 5.97. The highest BCUT2D eigenvalue weighted by Gasteiger charge is 2.23. The summed E-state index contributed by atoms with van der Waals surface area (Å²) in [5.74, 6) is 0.681. The Labute approximate surface area is 131 Å². The third-order valence-corrected chi connectivity index (χ3v) is 4.03. The molecule has 0 heterocycles. The number of carbonyl (C=O) groups excluding carboxylic acids is 1. The third kappa shape index (κ3) is 3.30. The zero-order valence-corrected chi connectivity index (χ0v) is 13.1. The molecule has 1 aliphatic carbocycles. The largest absolute Gasteiger partial charge is 0.484 e. The van der Waals surface area contributed by atoms with Crippen LogP contribution in [-0.4, -0.2) is 12.5 Å². The lowest BCUT2D eigenvalue weighted by Crippen LogP contribution is -2.31.